The second-order valence-corrected chi connectivity index (χ2v) is 6.21. The van der Waals surface area contributed by atoms with E-state index in [9.17, 15) is 4.39 Å². The third kappa shape index (κ3) is 2.92. The van der Waals surface area contributed by atoms with Crippen molar-refractivity contribution in [2.45, 2.75) is 39.2 Å². The molecule has 0 amide bonds. The summed E-state index contributed by atoms with van der Waals surface area (Å²) in [4.78, 5) is 0. The third-order valence-electron chi connectivity index (χ3n) is 4.25. The number of nitrogens with zero attached hydrogens (tertiary/aromatic N) is 1. The Morgan fingerprint density at radius 1 is 1.37 bits per heavy atom. The Labute approximate surface area is 122 Å². The van der Waals surface area contributed by atoms with Crippen molar-refractivity contribution in [2.75, 3.05) is 5.32 Å². The average Bonchev–Trinajstić information content (AvgIpc) is 2.40. The van der Waals surface area contributed by atoms with Gasteiger partial charge in [-0.2, -0.15) is 5.26 Å². The molecule has 0 heterocycles. The van der Waals surface area contributed by atoms with Gasteiger partial charge in [0.1, 0.15) is 6.07 Å². The predicted octanol–water partition coefficient (Wildman–Crippen LogP) is 4.70. The molecule has 1 saturated carbocycles. The smallest absolute Gasteiger partial charge is 0.161 e. The minimum Gasteiger partial charge on any atom is -0.380 e. The average molecular weight is 325 g/mol. The summed E-state index contributed by atoms with van der Waals surface area (Å²) in [5.74, 6) is 0.822. The molecule has 1 fully saturated rings. The lowest BCUT2D eigenvalue weighted by Gasteiger charge is -2.35. The Balaban J connectivity index is 2.20. The summed E-state index contributed by atoms with van der Waals surface area (Å²) in [6.45, 7) is 4.47. The molecule has 0 spiro atoms. The van der Waals surface area contributed by atoms with E-state index in [0.717, 1.165) is 6.42 Å². The van der Waals surface area contributed by atoms with Crippen molar-refractivity contribution >= 4 is 21.6 Å². The standard InChI is InChI=1S/C15H18BrFN2/c1-9-4-3-5-12(10(9)2)19-13-7-6-11(8-18)14(16)15(13)17/h6-7,9-10,12,19H,3-5H2,1-2H3. The zero-order chi connectivity index (χ0) is 14.0. The highest BCUT2D eigenvalue weighted by molar-refractivity contribution is 9.10. The number of rotatable bonds is 2. The monoisotopic (exact) mass is 324 g/mol. The molecule has 4 heteroatoms. The van der Waals surface area contributed by atoms with Gasteiger partial charge in [0.25, 0.3) is 0 Å². The van der Waals surface area contributed by atoms with E-state index >= 15 is 0 Å². The lowest BCUT2D eigenvalue weighted by atomic mass is 9.78. The Bertz CT molecular complexity index is 510. The maximum absolute atomic E-state index is 14.2. The maximum Gasteiger partial charge on any atom is 0.161 e. The highest BCUT2D eigenvalue weighted by Crippen LogP contribution is 2.33. The Morgan fingerprint density at radius 3 is 2.79 bits per heavy atom. The van der Waals surface area contributed by atoms with Gasteiger partial charge in [-0.05, 0) is 46.3 Å². The van der Waals surface area contributed by atoms with Crippen molar-refractivity contribution in [2.24, 2.45) is 11.8 Å². The summed E-state index contributed by atoms with van der Waals surface area (Å²) in [5, 5.41) is 12.2. The van der Waals surface area contributed by atoms with E-state index < -0.39 is 0 Å². The number of benzene rings is 1. The van der Waals surface area contributed by atoms with Gasteiger partial charge in [-0.15, -0.1) is 0 Å². The van der Waals surface area contributed by atoms with Gasteiger partial charge in [0.2, 0.25) is 0 Å². The lowest BCUT2D eigenvalue weighted by molar-refractivity contribution is 0.253. The molecule has 2 nitrogen and oxygen atoms in total. The fourth-order valence-corrected chi connectivity index (χ4v) is 3.17. The fourth-order valence-electron chi connectivity index (χ4n) is 2.73. The summed E-state index contributed by atoms with van der Waals surface area (Å²) < 4.78 is 14.4. The van der Waals surface area contributed by atoms with Gasteiger partial charge in [-0.1, -0.05) is 26.7 Å². The summed E-state index contributed by atoms with van der Waals surface area (Å²) in [7, 11) is 0. The van der Waals surface area contributed by atoms with Crippen LogP contribution in [0.3, 0.4) is 0 Å². The van der Waals surface area contributed by atoms with Crippen molar-refractivity contribution in [1.29, 1.82) is 5.26 Å². The van der Waals surface area contributed by atoms with Gasteiger partial charge >= 0.3 is 0 Å². The molecule has 19 heavy (non-hydrogen) atoms. The molecule has 0 saturated heterocycles. The van der Waals surface area contributed by atoms with Crippen molar-refractivity contribution in [3.05, 3.63) is 28.0 Å². The first kappa shape index (κ1) is 14.3. The van der Waals surface area contributed by atoms with E-state index in [-0.39, 0.29) is 10.3 Å². The number of hydrogen-bond donors (Lipinski definition) is 1. The van der Waals surface area contributed by atoms with E-state index in [2.05, 4.69) is 35.1 Å². The van der Waals surface area contributed by atoms with Gasteiger partial charge in [0, 0.05) is 6.04 Å². The molecule has 1 aromatic carbocycles. The molecule has 1 N–H and O–H groups in total. The second kappa shape index (κ2) is 5.92. The van der Waals surface area contributed by atoms with E-state index in [0.29, 0.717) is 29.1 Å². The van der Waals surface area contributed by atoms with Crippen LogP contribution in [0.4, 0.5) is 10.1 Å². The first-order valence-electron chi connectivity index (χ1n) is 6.69. The quantitative estimate of drug-likeness (QED) is 0.856. The molecular formula is C15H18BrFN2. The Hall–Kier alpha value is -1.08. The van der Waals surface area contributed by atoms with E-state index in [1.165, 1.54) is 12.8 Å². The summed E-state index contributed by atoms with van der Waals surface area (Å²) >= 11 is 3.15. The minimum absolute atomic E-state index is 0.247. The maximum atomic E-state index is 14.2. The van der Waals surface area contributed by atoms with Crippen LogP contribution in [0.15, 0.2) is 16.6 Å². The molecule has 1 aromatic rings. The number of halogens is 2. The normalized spacial score (nSPS) is 26.8. The van der Waals surface area contributed by atoms with Gasteiger partial charge < -0.3 is 5.32 Å². The zero-order valence-electron chi connectivity index (χ0n) is 11.2. The van der Waals surface area contributed by atoms with E-state index in [1.807, 2.05) is 6.07 Å². The topological polar surface area (TPSA) is 35.8 Å². The first-order valence-corrected chi connectivity index (χ1v) is 7.48. The minimum atomic E-state index is -0.371. The van der Waals surface area contributed by atoms with Crippen LogP contribution in [-0.4, -0.2) is 6.04 Å². The van der Waals surface area contributed by atoms with Crippen molar-refractivity contribution in [3.8, 4) is 6.07 Å². The molecule has 0 radical (unpaired) electrons. The number of hydrogen-bond acceptors (Lipinski definition) is 2. The van der Waals surface area contributed by atoms with E-state index in [4.69, 9.17) is 5.26 Å². The molecule has 0 aromatic heterocycles. The van der Waals surface area contributed by atoms with Crippen molar-refractivity contribution in [1.82, 2.24) is 0 Å². The zero-order valence-corrected chi connectivity index (χ0v) is 12.8. The van der Waals surface area contributed by atoms with E-state index in [1.54, 1.807) is 12.1 Å². The number of nitrogens with one attached hydrogen (secondary N) is 1. The van der Waals surface area contributed by atoms with Crippen LogP contribution in [0.25, 0.3) is 0 Å². The molecule has 102 valence electrons. The molecule has 1 aliphatic rings. The first-order chi connectivity index (χ1) is 9.04. The van der Waals surface area contributed by atoms with Crippen molar-refractivity contribution in [3.63, 3.8) is 0 Å². The molecule has 3 atom stereocenters. The van der Waals surface area contributed by atoms with Crippen LogP contribution < -0.4 is 5.32 Å². The van der Waals surface area contributed by atoms with Crippen LogP contribution in [0, 0.1) is 29.0 Å². The van der Waals surface area contributed by atoms with Crippen LogP contribution in [0.2, 0.25) is 0 Å². The highest BCUT2D eigenvalue weighted by atomic mass is 79.9. The third-order valence-corrected chi connectivity index (χ3v) is 5.03. The van der Waals surface area contributed by atoms with Gasteiger partial charge in [-0.25, -0.2) is 4.39 Å². The summed E-state index contributed by atoms with van der Waals surface area (Å²) in [6.07, 6.45) is 3.50. The van der Waals surface area contributed by atoms with Crippen LogP contribution in [0.5, 0.6) is 0 Å². The summed E-state index contributed by atoms with van der Waals surface area (Å²) in [6, 6.07) is 5.57. The van der Waals surface area contributed by atoms with Crippen LogP contribution in [0.1, 0.15) is 38.7 Å². The predicted molar refractivity (Wildman–Crippen MR) is 78.4 cm³/mol. The SMILES string of the molecule is CC1CCCC(Nc2ccc(C#N)c(Br)c2F)C1C. The molecular weight excluding hydrogens is 307 g/mol. The second-order valence-electron chi connectivity index (χ2n) is 5.42. The lowest BCUT2D eigenvalue weighted by Crippen LogP contribution is -2.35. The molecule has 0 bridgehead atoms. The van der Waals surface area contributed by atoms with Gasteiger partial charge in [0.05, 0.1) is 15.7 Å². The van der Waals surface area contributed by atoms with Crippen LogP contribution in [-0.2, 0) is 0 Å². The number of anilines is 1. The molecule has 3 unspecified atom stereocenters. The number of nitriles is 1. The largest absolute Gasteiger partial charge is 0.380 e. The van der Waals surface area contributed by atoms with Crippen LogP contribution >= 0.6 is 15.9 Å². The van der Waals surface area contributed by atoms with Gasteiger partial charge in [-0.3, -0.25) is 0 Å². The Morgan fingerprint density at radius 2 is 2.11 bits per heavy atom. The van der Waals surface area contributed by atoms with Crippen molar-refractivity contribution < 1.29 is 4.39 Å². The molecule has 0 aliphatic heterocycles. The highest BCUT2D eigenvalue weighted by Gasteiger charge is 2.27. The van der Waals surface area contributed by atoms with Gasteiger partial charge in [0.15, 0.2) is 5.82 Å². The fraction of sp³-hybridized carbons (Fsp3) is 0.533. The summed E-state index contributed by atoms with van der Waals surface area (Å²) in [5.41, 5.74) is 0.810. The molecule has 1 aliphatic carbocycles. The Kier molecular flexibility index (Phi) is 4.46. The molecule has 2 rings (SSSR count).